The number of nitrogens with one attached hydrogen (secondary N) is 5. The van der Waals surface area contributed by atoms with Gasteiger partial charge in [0.15, 0.2) is 5.96 Å². The van der Waals surface area contributed by atoms with Gasteiger partial charge in [-0.25, -0.2) is 0 Å². The maximum atomic E-state index is 13.2. The summed E-state index contributed by atoms with van der Waals surface area (Å²) >= 11 is 0. The van der Waals surface area contributed by atoms with E-state index in [1.807, 2.05) is 0 Å². The van der Waals surface area contributed by atoms with Crippen LogP contribution in [0.15, 0.2) is 24.3 Å². The van der Waals surface area contributed by atoms with Gasteiger partial charge >= 0.3 is 5.97 Å². The van der Waals surface area contributed by atoms with Crippen LogP contribution in [0, 0.1) is 5.41 Å². The Morgan fingerprint density at radius 3 is 1.95 bits per heavy atom. The lowest BCUT2D eigenvalue weighted by Crippen LogP contribution is -2.57. The van der Waals surface area contributed by atoms with Crippen LogP contribution in [-0.4, -0.2) is 76.5 Å². The first-order valence-corrected chi connectivity index (χ1v) is 12.9. The van der Waals surface area contributed by atoms with E-state index >= 15 is 0 Å². The van der Waals surface area contributed by atoms with E-state index in [0.717, 1.165) is 0 Å². The summed E-state index contributed by atoms with van der Waals surface area (Å²) in [4.78, 5) is 61.7. The van der Waals surface area contributed by atoms with Crippen molar-refractivity contribution >= 4 is 35.6 Å². The minimum absolute atomic E-state index is 0.0369. The normalized spacial score (nSPS) is 13.7. The molecule has 0 saturated carbocycles. The number of primary amides is 1. The van der Waals surface area contributed by atoms with E-state index in [2.05, 4.69) is 21.3 Å². The number of nitrogens with two attached hydrogens (primary N) is 3. The second-order valence-electron chi connectivity index (χ2n) is 9.29. The molecule has 1 rings (SSSR count). The van der Waals surface area contributed by atoms with Crippen molar-refractivity contribution in [1.82, 2.24) is 21.3 Å². The van der Waals surface area contributed by atoms with Crippen molar-refractivity contribution in [2.45, 2.75) is 76.0 Å². The van der Waals surface area contributed by atoms with Gasteiger partial charge in [-0.15, -0.1) is 0 Å². The molecular weight excluding hydrogens is 524 g/mol. The van der Waals surface area contributed by atoms with Gasteiger partial charge in [-0.2, -0.15) is 0 Å². The average molecular weight is 565 g/mol. The molecule has 0 aliphatic carbocycles. The number of carbonyl (C=O) groups is 5. The Morgan fingerprint density at radius 1 is 0.875 bits per heavy atom. The lowest BCUT2D eigenvalue weighted by atomic mass is 10.0. The maximum Gasteiger partial charge on any atom is 0.305 e. The molecule has 4 amide bonds. The third kappa shape index (κ3) is 12.9. The summed E-state index contributed by atoms with van der Waals surface area (Å²) in [5, 5.41) is 35.8. The first-order valence-electron chi connectivity index (χ1n) is 12.9. The third-order valence-corrected chi connectivity index (χ3v) is 5.85. The Bertz CT molecular complexity index is 1030. The van der Waals surface area contributed by atoms with E-state index in [1.54, 1.807) is 19.1 Å². The van der Waals surface area contributed by atoms with E-state index in [4.69, 9.17) is 27.7 Å². The Morgan fingerprint density at radius 2 is 1.43 bits per heavy atom. The molecule has 0 aliphatic heterocycles. The predicted octanol–water partition coefficient (Wildman–Crippen LogP) is -1.87. The van der Waals surface area contributed by atoms with Crippen LogP contribution in [0.1, 0.15) is 51.0 Å². The molecule has 0 radical (unpaired) electrons. The van der Waals surface area contributed by atoms with Crippen molar-refractivity contribution in [1.29, 1.82) is 5.41 Å². The number of amides is 4. The zero-order chi connectivity index (χ0) is 30.2. The Labute approximate surface area is 232 Å². The molecule has 0 saturated heterocycles. The summed E-state index contributed by atoms with van der Waals surface area (Å²) in [6.07, 6.45) is 1.16. The lowest BCUT2D eigenvalue weighted by Gasteiger charge is -2.25. The molecule has 40 heavy (non-hydrogen) atoms. The molecule has 15 nitrogen and oxygen atoms in total. The van der Waals surface area contributed by atoms with Crippen molar-refractivity contribution in [3.63, 3.8) is 0 Å². The molecule has 1 aromatic rings. The molecule has 1 aromatic carbocycles. The Balaban J connectivity index is 2.96. The van der Waals surface area contributed by atoms with Crippen LogP contribution in [0.3, 0.4) is 0 Å². The number of carbonyl (C=O) groups excluding carboxylic acids is 4. The predicted molar refractivity (Wildman–Crippen MR) is 146 cm³/mol. The van der Waals surface area contributed by atoms with E-state index < -0.39 is 60.2 Å². The molecule has 0 fully saturated rings. The highest BCUT2D eigenvalue weighted by Gasteiger charge is 2.30. The molecule has 0 unspecified atom stereocenters. The number of rotatable bonds is 18. The number of guanidine groups is 1. The number of hydrogen-bond acceptors (Lipinski definition) is 8. The second kappa shape index (κ2) is 17.2. The summed E-state index contributed by atoms with van der Waals surface area (Å²) in [7, 11) is 0. The fourth-order valence-corrected chi connectivity index (χ4v) is 3.72. The van der Waals surface area contributed by atoms with Gasteiger partial charge in [0.2, 0.25) is 23.6 Å². The van der Waals surface area contributed by atoms with Crippen LogP contribution in [0.25, 0.3) is 0 Å². The van der Waals surface area contributed by atoms with E-state index in [9.17, 15) is 29.1 Å². The molecule has 0 heterocycles. The summed E-state index contributed by atoms with van der Waals surface area (Å²) in [6, 6.07) is 1.34. The minimum atomic E-state index is -1.39. The summed E-state index contributed by atoms with van der Waals surface area (Å²) in [5.41, 5.74) is 17.0. The van der Waals surface area contributed by atoms with Gasteiger partial charge in [0.1, 0.15) is 23.9 Å². The first kappa shape index (κ1) is 33.6. The molecule has 0 spiro atoms. The van der Waals surface area contributed by atoms with Crippen molar-refractivity contribution in [2.75, 3.05) is 6.54 Å². The van der Waals surface area contributed by atoms with E-state index in [1.165, 1.54) is 12.1 Å². The largest absolute Gasteiger partial charge is 0.508 e. The molecular formula is C25H40N8O7. The number of aliphatic carboxylic acids is 1. The number of carboxylic acids is 1. The number of unbranched alkanes of at least 4 members (excludes halogenated alkanes) is 1. The molecule has 0 aliphatic rings. The standard InChI is InChI=1S/C25H40N8O7/c1-2-5-17(23(39)33-19(21(27)37)12-14-7-9-15(34)10-8-14)32-24(40)18(6-3-4-11-30-25(28)29)31-22(38)16(26)13-20(35)36/h7-10,16-19,34H,2-6,11-13,26H2,1H3,(H2,27,37)(H,31,38)(H,32,40)(H,33,39)(H,35,36)(H4,28,29,30)/t16-,17-,18-,19-/m0/s1. The molecule has 13 N–H and O–H groups in total. The number of phenolic OH excluding ortho intramolecular Hbond substituents is 1. The lowest BCUT2D eigenvalue weighted by molar-refractivity contribution is -0.140. The van der Waals surface area contributed by atoms with Gasteiger partial charge in [0, 0.05) is 13.0 Å². The second-order valence-corrected chi connectivity index (χ2v) is 9.29. The highest BCUT2D eigenvalue weighted by molar-refractivity contribution is 5.95. The molecule has 15 heteroatoms. The van der Waals surface area contributed by atoms with Gasteiger partial charge in [-0.05, 0) is 43.4 Å². The van der Waals surface area contributed by atoms with Crippen LogP contribution in [0.4, 0.5) is 0 Å². The van der Waals surface area contributed by atoms with Gasteiger partial charge in [0.05, 0.1) is 12.5 Å². The van der Waals surface area contributed by atoms with Gasteiger partial charge in [-0.3, -0.25) is 29.4 Å². The summed E-state index contributed by atoms with van der Waals surface area (Å²) < 4.78 is 0. The van der Waals surface area contributed by atoms with Crippen LogP contribution >= 0.6 is 0 Å². The fourth-order valence-electron chi connectivity index (χ4n) is 3.72. The zero-order valence-electron chi connectivity index (χ0n) is 22.4. The third-order valence-electron chi connectivity index (χ3n) is 5.85. The van der Waals surface area contributed by atoms with Gasteiger partial charge in [-0.1, -0.05) is 25.5 Å². The Hall–Kier alpha value is -4.40. The zero-order valence-corrected chi connectivity index (χ0v) is 22.4. The summed E-state index contributed by atoms with van der Waals surface area (Å²) in [5.74, 6) is -4.45. The van der Waals surface area contributed by atoms with E-state index in [0.29, 0.717) is 31.4 Å². The van der Waals surface area contributed by atoms with Crippen LogP contribution in [-0.2, 0) is 30.4 Å². The van der Waals surface area contributed by atoms with Gasteiger partial charge < -0.3 is 48.7 Å². The highest BCUT2D eigenvalue weighted by atomic mass is 16.4. The van der Waals surface area contributed by atoms with Crippen LogP contribution in [0.5, 0.6) is 5.75 Å². The quantitative estimate of drug-likeness (QED) is 0.0538. The number of benzene rings is 1. The summed E-state index contributed by atoms with van der Waals surface area (Å²) in [6.45, 7) is 2.15. The smallest absolute Gasteiger partial charge is 0.305 e. The molecule has 0 aromatic heterocycles. The van der Waals surface area contributed by atoms with Crippen molar-refractivity contribution in [2.24, 2.45) is 17.2 Å². The molecule has 4 atom stereocenters. The Kier molecular flexibility index (Phi) is 14.5. The number of carboxylic acid groups (broad SMARTS) is 1. The van der Waals surface area contributed by atoms with Crippen LogP contribution in [0.2, 0.25) is 0 Å². The van der Waals surface area contributed by atoms with Crippen molar-refractivity contribution in [3.8, 4) is 5.75 Å². The number of aromatic hydroxyl groups is 1. The van der Waals surface area contributed by atoms with Crippen molar-refractivity contribution < 1.29 is 34.2 Å². The van der Waals surface area contributed by atoms with E-state index in [-0.39, 0.29) is 31.0 Å². The monoisotopic (exact) mass is 564 g/mol. The van der Waals surface area contributed by atoms with Gasteiger partial charge in [0.25, 0.3) is 0 Å². The van der Waals surface area contributed by atoms with Crippen molar-refractivity contribution in [3.05, 3.63) is 29.8 Å². The maximum absolute atomic E-state index is 13.2. The number of hydrogen-bond donors (Lipinski definition) is 10. The first-order chi connectivity index (χ1) is 18.8. The fraction of sp³-hybridized carbons (Fsp3) is 0.520. The molecule has 222 valence electrons. The number of phenols is 1. The molecule has 0 bridgehead atoms. The average Bonchev–Trinajstić information content (AvgIpc) is 2.87. The highest BCUT2D eigenvalue weighted by Crippen LogP contribution is 2.12. The minimum Gasteiger partial charge on any atom is -0.508 e. The topological polar surface area (TPSA) is 276 Å². The SMILES string of the molecule is CCC[C@H](NC(=O)[C@H](CCCCNC(=N)N)NC(=O)[C@@H](N)CC(=O)O)C(=O)N[C@@H](Cc1ccc(O)cc1)C(N)=O. The van der Waals surface area contributed by atoms with Crippen LogP contribution < -0.4 is 38.5 Å².